The SMILES string of the molecule is COCCSCc1c(C(C)(C)C)on(-c2ccc(C)cc2[N+](=O)[O-])c1=O. The molecule has 0 N–H and O–H groups in total. The average Bonchev–Trinajstić information content (AvgIpc) is 2.88. The van der Waals surface area contributed by atoms with Gasteiger partial charge in [0, 0.05) is 30.1 Å². The molecule has 0 radical (unpaired) electrons. The van der Waals surface area contributed by atoms with Crippen LogP contribution in [0.25, 0.3) is 5.69 Å². The molecule has 0 saturated carbocycles. The van der Waals surface area contributed by atoms with Crippen molar-refractivity contribution in [1.29, 1.82) is 0 Å². The summed E-state index contributed by atoms with van der Waals surface area (Å²) in [5.74, 6) is 1.75. The highest BCUT2D eigenvalue weighted by Gasteiger charge is 2.30. The van der Waals surface area contributed by atoms with Crippen molar-refractivity contribution < 1.29 is 14.2 Å². The fourth-order valence-electron chi connectivity index (χ4n) is 2.55. The minimum absolute atomic E-state index is 0.143. The van der Waals surface area contributed by atoms with Gasteiger partial charge in [-0.2, -0.15) is 11.8 Å². The first-order valence-corrected chi connectivity index (χ1v) is 9.40. The molecule has 26 heavy (non-hydrogen) atoms. The van der Waals surface area contributed by atoms with Crippen LogP contribution in [0.1, 0.15) is 37.7 Å². The predicted molar refractivity (Wildman–Crippen MR) is 102 cm³/mol. The summed E-state index contributed by atoms with van der Waals surface area (Å²) in [6.07, 6.45) is 0. The molecule has 2 aromatic rings. The zero-order chi connectivity index (χ0) is 19.5. The van der Waals surface area contributed by atoms with E-state index in [-0.39, 0.29) is 16.9 Å². The van der Waals surface area contributed by atoms with E-state index in [4.69, 9.17) is 9.26 Å². The van der Waals surface area contributed by atoms with Crippen LogP contribution in [0.2, 0.25) is 0 Å². The zero-order valence-corrected chi connectivity index (χ0v) is 16.5. The van der Waals surface area contributed by atoms with E-state index in [1.165, 1.54) is 6.07 Å². The number of hydrogen-bond donors (Lipinski definition) is 0. The number of nitro benzene ring substituents is 1. The van der Waals surface area contributed by atoms with Gasteiger partial charge in [-0.1, -0.05) is 26.8 Å². The van der Waals surface area contributed by atoms with Gasteiger partial charge in [-0.3, -0.25) is 14.9 Å². The predicted octanol–water partition coefficient (Wildman–Crippen LogP) is 3.82. The molecule has 0 amide bonds. The van der Waals surface area contributed by atoms with Crippen molar-refractivity contribution in [2.45, 2.75) is 38.9 Å². The topological polar surface area (TPSA) is 87.5 Å². The van der Waals surface area contributed by atoms with Crippen LogP contribution in [0, 0.1) is 17.0 Å². The van der Waals surface area contributed by atoms with Crippen molar-refractivity contribution in [2.75, 3.05) is 19.5 Å². The van der Waals surface area contributed by atoms with Crippen LogP contribution < -0.4 is 5.56 Å². The van der Waals surface area contributed by atoms with E-state index in [0.29, 0.717) is 23.7 Å². The van der Waals surface area contributed by atoms with E-state index >= 15 is 0 Å². The lowest BCUT2D eigenvalue weighted by atomic mass is 9.91. The molecule has 0 aliphatic heterocycles. The Morgan fingerprint density at radius 2 is 2.04 bits per heavy atom. The second kappa shape index (κ2) is 8.09. The molecule has 0 aliphatic carbocycles. The van der Waals surface area contributed by atoms with Crippen LogP contribution in [0.4, 0.5) is 5.69 Å². The Bertz CT molecular complexity index is 848. The maximum absolute atomic E-state index is 13.0. The van der Waals surface area contributed by atoms with Gasteiger partial charge in [0.05, 0.1) is 17.1 Å². The first-order valence-electron chi connectivity index (χ1n) is 8.24. The molecule has 0 atom stereocenters. The molecule has 1 aromatic heterocycles. The maximum atomic E-state index is 13.0. The van der Waals surface area contributed by atoms with Crippen LogP contribution in [-0.4, -0.2) is 29.1 Å². The van der Waals surface area contributed by atoms with Crippen molar-refractivity contribution in [3.8, 4) is 5.69 Å². The molecule has 1 heterocycles. The molecular weight excluding hydrogens is 356 g/mol. The molecule has 1 aromatic carbocycles. The number of aromatic nitrogens is 1. The van der Waals surface area contributed by atoms with Gasteiger partial charge in [-0.15, -0.1) is 4.74 Å². The first kappa shape index (κ1) is 20.3. The fraction of sp³-hybridized carbons (Fsp3) is 0.500. The van der Waals surface area contributed by atoms with Crippen LogP contribution >= 0.6 is 11.8 Å². The van der Waals surface area contributed by atoms with E-state index in [2.05, 4.69) is 0 Å². The summed E-state index contributed by atoms with van der Waals surface area (Å²) in [5, 5.41) is 11.4. The van der Waals surface area contributed by atoms with Crippen molar-refractivity contribution >= 4 is 17.4 Å². The molecule has 142 valence electrons. The number of ether oxygens (including phenoxy) is 1. The second-order valence-corrected chi connectivity index (χ2v) is 8.15. The average molecular weight is 380 g/mol. The molecule has 0 fully saturated rings. The molecule has 2 rings (SSSR count). The van der Waals surface area contributed by atoms with Crippen molar-refractivity contribution in [3.05, 3.63) is 55.6 Å². The number of nitro groups is 1. The monoisotopic (exact) mass is 380 g/mol. The molecule has 0 aliphatic rings. The largest absolute Gasteiger partial charge is 0.384 e. The van der Waals surface area contributed by atoms with Gasteiger partial charge < -0.3 is 9.26 Å². The van der Waals surface area contributed by atoms with Gasteiger partial charge in [-0.05, 0) is 18.6 Å². The minimum Gasteiger partial charge on any atom is -0.384 e. The number of methoxy groups -OCH3 is 1. The summed E-state index contributed by atoms with van der Waals surface area (Å²) in [4.78, 5) is 23.9. The maximum Gasteiger partial charge on any atom is 0.296 e. The first-order chi connectivity index (χ1) is 12.2. The number of nitrogens with zero attached hydrogens (tertiary/aromatic N) is 2. The van der Waals surface area contributed by atoms with Gasteiger partial charge in [-0.25, -0.2) is 0 Å². The Balaban J connectivity index is 2.56. The van der Waals surface area contributed by atoms with E-state index < -0.39 is 10.3 Å². The normalized spacial score (nSPS) is 11.7. The summed E-state index contributed by atoms with van der Waals surface area (Å²) < 4.78 is 11.9. The van der Waals surface area contributed by atoms with Crippen LogP contribution in [0.5, 0.6) is 0 Å². The standard InChI is InChI=1S/C18H24N2O5S/c1-12-6-7-14(15(10-12)20(22)23)19-17(21)13(11-26-9-8-24-5)16(25-19)18(2,3)4/h6-7,10H,8-9,11H2,1-5H3. The van der Waals surface area contributed by atoms with Gasteiger partial charge in [0.1, 0.15) is 5.76 Å². The van der Waals surface area contributed by atoms with Crippen molar-refractivity contribution in [3.63, 3.8) is 0 Å². The Hall–Kier alpha value is -2.06. The highest BCUT2D eigenvalue weighted by Crippen LogP contribution is 2.30. The molecule has 8 heteroatoms. The lowest BCUT2D eigenvalue weighted by molar-refractivity contribution is -0.384. The highest BCUT2D eigenvalue weighted by atomic mass is 32.2. The van der Waals surface area contributed by atoms with Gasteiger partial charge >= 0.3 is 0 Å². The zero-order valence-electron chi connectivity index (χ0n) is 15.7. The molecular formula is C18H24N2O5S. The third-order valence-corrected chi connectivity index (χ3v) is 4.75. The smallest absolute Gasteiger partial charge is 0.296 e. The van der Waals surface area contributed by atoms with Crippen molar-refractivity contribution in [1.82, 2.24) is 4.74 Å². The molecule has 0 unspecified atom stereocenters. The number of rotatable bonds is 7. The van der Waals surface area contributed by atoms with Gasteiger partial charge in [0.15, 0.2) is 5.69 Å². The Morgan fingerprint density at radius 1 is 1.35 bits per heavy atom. The van der Waals surface area contributed by atoms with Crippen LogP contribution in [0.15, 0.2) is 27.5 Å². The minimum atomic E-state index is -0.499. The Labute approximate surface area is 156 Å². The summed E-state index contributed by atoms with van der Waals surface area (Å²) in [5.41, 5.74) is 0.511. The highest BCUT2D eigenvalue weighted by molar-refractivity contribution is 7.98. The third-order valence-electron chi connectivity index (χ3n) is 3.81. The molecule has 0 spiro atoms. The van der Waals surface area contributed by atoms with Crippen LogP contribution in [0.3, 0.4) is 0 Å². The van der Waals surface area contributed by atoms with E-state index in [1.54, 1.807) is 37.9 Å². The summed E-state index contributed by atoms with van der Waals surface area (Å²) in [6, 6.07) is 4.71. The lowest BCUT2D eigenvalue weighted by Crippen LogP contribution is -2.18. The molecule has 0 bridgehead atoms. The number of benzene rings is 1. The number of hydrogen-bond acceptors (Lipinski definition) is 6. The van der Waals surface area contributed by atoms with Crippen LogP contribution in [-0.2, 0) is 15.9 Å². The van der Waals surface area contributed by atoms with E-state index in [1.807, 2.05) is 20.8 Å². The Morgan fingerprint density at radius 3 is 2.62 bits per heavy atom. The van der Waals surface area contributed by atoms with Crippen molar-refractivity contribution in [2.24, 2.45) is 0 Å². The summed E-state index contributed by atoms with van der Waals surface area (Å²) >= 11 is 1.56. The summed E-state index contributed by atoms with van der Waals surface area (Å²) in [7, 11) is 1.63. The van der Waals surface area contributed by atoms with E-state index in [0.717, 1.165) is 16.1 Å². The second-order valence-electron chi connectivity index (χ2n) is 7.04. The summed E-state index contributed by atoms with van der Waals surface area (Å²) in [6.45, 7) is 8.19. The lowest BCUT2D eigenvalue weighted by Gasteiger charge is -2.15. The number of thioether (sulfide) groups is 1. The number of aryl methyl sites for hydroxylation is 1. The van der Waals surface area contributed by atoms with E-state index in [9.17, 15) is 14.9 Å². The van der Waals surface area contributed by atoms with Gasteiger partial charge in [0.25, 0.3) is 11.2 Å². The van der Waals surface area contributed by atoms with Gasteiger partial charge in [0.2, 0.25) is 0 Å². The quantitative estimate of drug-likeness (QED) is 0.412. The molecule has 0 saturated heterocycles. The molecule has 7 nitrogen and oxygen atoms in total. The third kappa shape index (κ3) is 4.37. The Kier molecular flexibility index (Phi) is 6.30. The fourth-order valence-corrected chi connectivity index (χ4v) is 3.44.